The van der Waals surface area contributed by atoms with Gasteiger partial charge in [-0.3, -0.25) is 0 Å². The molecule has 0 radical (unpaired) electrons. The van der Waals surface area contributed by atoms with Crippen LogP contribution in [0.1, 0.15) is 13.8 Å². The van der Waals surface area contributed by atoms with E-state index in [1.807, 2.05) is 13.8 Å². The van der Waals surface area contributed by atoms with Crippen molar-refractivity contribution in [2.75, 3.05) is 6.61 Å². The molecule has 0 saturated carbocycles. The molecule has 2 heteroatoms. The normalized spacial score (nSPS) is 9.71. The molecule has 0 atom stereocenters. The Morgan fingerprint density at radius 3 is 2.14 bits per heavy atom. The Morgan fingerprint density at radius 1 is 1.71 bits per heavy atom. The Kier molecular flexibility index (Phi) is 3.13. The summed E-state index contributed by atoms with van der Waals surface area (Å²) in [6, 6.07) is 0. The average Bonchev–Trinajstić information content (AvgIpc) is 1.65. The lowest BCUT2D eigenvalue weighted by molar-refractivity contribution is 0.354. The minimum atomic E-state index is 0.0486. The highest BCUT2D eigenvalue weighted by atomic mass is 32.1. The Bertz CT molecular complexity index is 68.5. The predicted octanol–water partition coefficient (Wildman–Crippen LogP) is 1.00. The maximum atomic E-state index is 8.36. The average molecular weight is 118 g/mol. The highest BCUT2D eigenvalue weighted by Crippen LogP contribution is 1.94. The Morgan fingerprint density at radius 2 is 2.14 bits per heavy atom. The van der Waals surface area contributed by atoms with Gasteiger partial charge in [-0.2, -0.15) is 0 Å². The molecule has 0 spiro atoms. The van der Waals surface area contributed by atoms with E-state index in [1.54, 1.807) is 0 Å². The number of rotatable bonds is 2. The van der Waals surface area contributed by atoms with Gasteiger partial charge in [-0.05, 0) is 5.92 Å². The van der Waals surface area contributed by atoms with Crippen LogP contribution < -0.4 is 0 Å². The number of aliphatic hydroxyl groups is 1. The van der Waals surface area contributed by atoms with E-state index in [0.29, 0.717) is 5.92 Å². The molecule has 1 nitrogen and oxygen atoms in total. The molecule has 0 aliphatic heterocycles. The van der Waals surface area contributed by atoms with Crippen LogP contribution in [0.25, 0.3) is 0 Å². The molecule has 0 saturated heterocycles. The molecule has 0 aromatic rings. The highest BCUT2D eigenvalue weighted by molar-refractivity contribution is 7.80. The van der Waals surface area contributed by atoms with Crippen LogP contribution in [0.5, 0.6) is 0 Å². The second-order valence-corrected chi connectivity index (χ2v) is 2.30. The maximum absolute atomic E-state index is 8.36. The molecule has 1 N–H and O–H groups in total. The van der Waals surface area contributed by atoms with E-state index in [4.69, 9.17) is 17.3 Å². The number of thiocarbonyl (C=S) groups is 1. The summed E-state index contributed by atoms with van der Waals surface area (Å²) in [5.41, 5.74) is 0. The summed E-state index contributed by atoms with van der Waals surface area (Å²) in [5.74, 6) is 0.347. The molecule has 0 unspecified atom stereocenters. The largest absolute Gasteiger partial charge is 0.391 e. The first-order chi connectivity index (χ1) is 3.18. The number of hydrogen-bond acceptors (Lipinski definition) is 2. The lowest BCUT2D eigenvalue weighted by Crippen LogP contribution is -2.07. The van der Waals surface area contributed by atoms with Crippen molar-refractivity contribution in [3.05, 3.63) is 0 Å². The fourth-order valence-corrected chi connectivity index (χ4v) is 0.183. The van der Waals surface area contributed by atoms with Gasteiger partial charge < -0.3 is 5.11 Å². The first kappa shape index (κ1) is 7.05. The maximum Gasteiger partial charge on any atom is 0.0747 e. The van der Waals surface area contributed by atoms with E-state index < -0.39 is 0 Å². The molecule has 42 valence electrons. The van der Waals surface area contributed by atoms with Crippen LogP contribution in [0, 0.1) is 5.92 Å². The van der Waals surface area contributed by atoms with Gasteiger partial charge in [0.25, 0.3) is 0 Å². The van der Waals surface area contributed by atoms with Gasteiger partial charge in [0.15, 0.2) is 0 Å². The monoisotopic (exact) mass is 118 g/mol. The van der Waals surface area contributed by atoms with E-state index in [1.165, 1.54) is 0 Å². The molecule has 0 amide bonds. The molecule has 0 fully saturated rings. The second-order valence-electron chi connectivity index (χ2n) is 1.78. The van der Waals surface area contributed by atoms with Crippen LogP contribution in [0.4, 0.5) is 0 Å². The van der Waals surface area contributed by atoms with E-state index in [-0.39, 0.29) is 6.61 Å². The van der Waals surface area contributed by atoms with Crippen molar-refractivity contribution >= 4 is 17.1 Å². The van der Waals surface area contributed by atoms with Crippen LogP contribution >= 0.6 is 12.2 Å². The fourth-order valence-electron chi connectivity index (χ4n) is 0.183. The van der Waals surface area contributed by atoms with Crippen LogP contribution in [0.3, 0.4) is 0 Å². The van der Waals surface area contributed by atoms with Crippen molar-refractivity contribution in [1.29, 1.82) is 0 Å². The molecule has 0 aliphatic carbocycles. The van der Waals surface area contributed by atoms with Gasteiger partial charge in [-0.15, -0.1) is 0 Å². The standard InChI is InChI=1S/C5H10OS/c1-4(2)5(7)3-6/h4,6H,3H2,1-2H3. The van der Waals surface area contributed by atoms with Crippen molar-refractivity contribution in [3.63, 3.8) is 0 Å². The summed E-state index contributed by atoms with van der Waals surface area (Å²) >= 11 is 4.73. The van der Waals surface area contributed by atoms with Gasteiger partial charge in [-0.25, -0.2) is 0 Å². The van der Waals surface area contributed by atoms with Gasteiger partial charge in [0.05, 0.1) is 6.61 Å². The molecule has 0 aromatic heterocycles. The van der Waals surface area contributed by atoms with Crippen molar-refractivity contribution < 1.29 is 5.11 Å². The van der Waals surface area contributed by atoms with Gasteiger partial charge in [0.2, 0.25) is 0 Å². The predicted molar refractivity (Wildman–Crippen MR) is 34.5 cm³/mol. The fraction of sp³-hybridized carbons (Fsp3) is 0.800. The molecule has 0 aromatic carbocycles. The van der Waals surface area contributed by atoms with E-state index in [9.17, 15) is 0 Å². The highest BCUT2D eigenvalue weighted by Gasteiger charge is 1.97. The molecular formula is C5H10OS. The van der Waals surface area contributed by atoms with Crippen LogP contribution in [0.15, 0.2) is 0 Å². The van der Waals surface area contributed by atoms with Crippen LogP contribution in [-0.4, -0.2) is 16.6 Å². The third-order valence-electron chi connectivity index (χ3n) is 0.800. The molecule has 0 rings (SSSR count). The zero-order valence-corrected chi connectivity index (χ0v) is 5.46. The number of hydrogen-bond donors (Lipinski definition) is 1. The molecule has 0 aliphatic rings. The Balaban J connectivity index is 3.35. The first-order valence-corrected chi connectivity index (χ1v) is 2.73. The van der Waals surface area contributed by atoms with Gasteiger partial charge >= 0.3 is 0 Å². The summed E-state index contributed by atoms with van der Waals surface area (Å²) in [4.78, 5) is 0.736. The summed E-state index contributed by atoms with van der Waals surface area (Å²) in [6.45, 7) is 3.99. The van der Waals surface area contributed by atoms with E-state index in [2.05, 4.69) is 0 Å². The summed E-state index contributed by atoms with van der Waals surface area (Å²) in [7, 11) is 0. The van der Waals surface area contributed by atoms with E-state index in [0.717, 1.165) is 4.86 Å². The Hall–Kier alpha value is 0.0500. The summed E-state index contributed by atoms with van der Waals surface area (Å²) in [6.07, 6.45) is 0. The van der Waals surface area contributed by atoms with Gasteiger partial charge in [0.1, 0.15) is 0 Å². The van der Waals surface area contributed by atoms with Crippen molar-refractivity contribution in [2.24, 2.45) is 5.92 Å². The zero-order chi connectivity index (χ0) is 5.86. The lowest BCUT2D eigenvalue weighted by Gasteiger charge is -1.99. The topological polar surface area (TPSA) is 20.2 Å². The minimum Gasteiger partial charge on any atom is -0.391 e. The lowest BCUT2D eigenvalue weighted by atomic mass is 10.1. The smallest absolute Gasteiger partial charge is 0.0747 e. The van der Waals surface area contributed by atoms with Crippen LogP contribution in [0.2, 0.25) is 0 Å². The summed E-state index contributed by atoms with van der Waals surface area (Å²) in [5, 5.41) is 8.36. The van der Waals surface area contributed by atoms with E-state index >= 15 is 0 Å². The quantitative estimate of drug-likeness (QED) is 0.546. The van der Waals surface area contributed by atoms with Crippen molar-refractivity contribution in [2.45, 2.75) is 13.8 Å². The SMILES string of the molecule is CC(C)C(=S)CO. The van der Waals surface area contributed by atoms with Crippen molar-refractivity contribution in [1.82, 2.24) is 0 Å². The summed E-state index contributed by atoms with van der Waals surface area (Å²) < 4.78 is 0. The molecule has 0 bridgehead atoms. The van der Waals surface area contributed by atoms with Crippen LogP contribution in [-0.2, 0) is 0 Å². The Labute approximate surface area is 49.4 Å². The molecule has 7 heavy (non-hydrogen) atoms. The third-order valence-corrected chi connectivity index (χ3v) is 1.40. The van der Waals surface area contributed by atoms with Crippen molar-refractivity contribution in [3.8, 4) is 0 Å². The third kappa shape index (κ3) is 2.71. The van der Waals surface area contributed by atoms with Gasteiger partial charge in [0, 0.05) is 4.86 Å². The minimum absolute atomic E-state index is 0.0486. The first-order valence-electron chi connectivity index (χ1n) is 2.32. The molecule has 0 heterocycles. The zero-order valence-electron chi connectivity index (χ0n) is 4.64. The van der Waals surface area contributed by atoms with Gasteiger partial charge in [-0.1, -0.05) is 26.1 Å². The molecular weight excluding hydrogens is 108 g/mol. The number of aliphatic hydroxyl groups excluding tert-OH is 1. The second kappa shape index (κ2) is 3.10.